The Morgan fingerprint density at radius 2 is 1.64 bits per heavy atom. The molecule has 0 bridgehead atoms. The van der Waals surface area contributed by atoms with Crippen molar-refractivity contribution in [2.75, 3.05) is 0 Å². The van der Waals surface area contributed by atoms with Crippen molar-refractivity contribution in [3.8, 4) is 0 Å². The molecule has 2 nitrogen and oxygen atoms in total. The number of rotatable bonds is 1. The number of H-pyrrole nitrogens is 1. The zero-order valence-electron chi connectivity index (χ0n) is 12.2. The quantitative estimate of drug-likeness (QED) is 0.370. The summed E-state index contributed by atoms with van der Waals surface area (Å²) in [7, 11) is 0. The highest BCUT2D eigenvalue weighted by Gasteiger charge is 1.98. The van der Waals surface area contributed by atoms with E-state index in [1.165, 1.54) is 21.8 Å². The van der Waals surface area contributed by atoms with E-state index in [1.807, 2.05) is 12.3 Å². The summed E-state index contributed by atoms with van der Waals surface area (Å²) in [5.41, 5.74) is 2.47. The summed E-state index contributed by atoms with van der Waals surface area (Å²) in [6.45, 7) is 3.18. The van der Waals surface area contributed by atoms with Crippen LogP contribution in [-0.2, 0) is 6.54 Å². The maximum atomic E-state index is 3.47. The molecule has 0 aliphatic heterocycles. The van der Waals surface area contributed by atoms with Crippen LogP contribution < -0.4 is 0 Å². The van der Waals surface area contributed by atoms with Crippen molar-refractivity contribution in [2.24, 2.45) is 0 Å². The molecule has 1 N–H and O–H groups in total. The highest BCUT2D eigenvalue weighted by atomic mass is 79.9. The summed E-state index contributed by atoms with van der Waals surface area (Å²) >= 11 is 6.86. The van der Waals surface area contributed by atoms with E-state index in [0.29, 0.717) is 0 Å². The predicted octanol–water partition coefficient (Wildman–Crippen LogP) is 6.35. The Bertz CT molecular complexity index is 906. The molecule has 22 heavy (non-hydrogen) atoms. The fraction of sp³-hybridized carbons (Fsp3) is 0.111. The lowest BCUT2D eigenvalue weighted by atomic mass is 10.2. The first-order valence-corrected chi connectivity index (χ1v) is 8.73. The average Bonchev–Trinajstić information content (AvgIpc) is 3.13. The molecule has 4 aromatic rings. The number of nitrogens with one attached hydrogen (secondary N) is 1. The van der Waals surface area contributed by atoms with Crippen LogP contribution in [0, 0.1) is 0 Å². The molecule has 0 spiro atoms. The van der Waals surface area contributed by atoms with Crippen LogP contribution in [0.2, 0.25) is 0 Å². The molecule has 0 aliphatic rings. The normalized spacial score (nSPS) is 10.7. The summed E-state index contributed by atoms with van der Waals surface area (Å²) in [6.07, 6.45) is 4.06. The third kappa shape index (κ3) is 3.28. The second-order valence-corrected chi connectivity index (χ2v) is 6.85. The molecule has 4 heteroatoms. The summed E-state index contributed by atoms with van der Waals surface area (Å²) in [5, 5.41) is 2.56. The first kappa shape index (κ1) is 15.4. The second-order valence-electron chi connectivity index (χ2n) is 5.01. The van der Waals surface area contributed by atoms with E-state index in [-0.39, 0.29) is 0 Å². The molecular weight excluding hydrogens is 404 g/mol. The molecule has 0 radical (unpaired) electrons. The SMILES string of the molecule is Brc1ccc2cc[nH]c2c1.CCn1ccc2ccc(Br)cc21. The van der Waals surface area contributed by atoms with Gasteiger partial charge in [0.15, 0.2) is 0 Å². The summed E-state index contributed by atoms with van der Waals surface area (Å²) in [4.78, 5) is 3.13. The third-order valence-electron chi connectivity index (χ3n) is 3.59. The van der Waals surface area contributed by atoms with Crippen LogP contribution in [0.3, 0.4) is 0 Å². The smallest absolute Gasteiger partial charge is 0.0491 e. The van der Waals surface area contributed by atoms with Crippen molar-refractivity contribution in [1.29, 1.82) is 0 Å². The summed E-state index contributed by atoms with van der Waals surface area (Å²) in [5.74, 6) is 0. The van der Waals surface area contributed by atoms with Crippen molar-refractivity contribution >= 4 is 53.7 Å². The van der Waals surface area contributed by atoms with Crippen molar-refractivity contribution in [3.63, 3.8) is 0 Å². The van der Waals surface area contributed by atoms with Gasteiger partial charge in [0.05, 0.1) is 0 Å². The van der Waals surface area contributed by atoms with Gasteiger partial charge in [-0.2, -0.15) is 0 Å². The van der Waals surface area contributed by atoms with Crippen LogP contribution in [0.1, 0.15) is 6.92 Å². The molecule has 2 heterocycles. The van der Waals surface area contributed by atoms with Gasteiger partial charge in [-0.05, 0) is 54.1 Å². The van der Waals surface area contributed by atoms with E-state index in [9.17, 15) is 0 Å². The second kappa shape index (κ2) is 6.71. The fourth-order valence-corrected chi connectivity index (χ4v) is 3.16. The number of aryl methyl sites for hydroxylation is 1. The van der Waals surface area contributed by atoms with Gasteiger partial charge in [0, 0.05) is 38.9 Å². The Morgan fingerprint density at radius 3 is 2.41 bits per heavy atom. The number of halogens is 2. The molecule has 0 saturated carbocycles. The predicted molar refractivity (Wildman–Crippen MR) is 101 cm³/mol. The number of benzene rings is 2. The summed E-state index contributed by atoms with van der Waals surface area (Å²) in [6, 6.07) is 16.7. The van der Waals surface area contributed by atoms with Gasteiger partial charge < -0.3 is 9.55 Å². The van der Waals surface area contributed by atoms with Crippen LogP contribution in [0.25, 0.3) is 21.8 Å². The highest BCUT2D eigenvalue weighted by molar-refractivity contribution is 9.10. The first-order valence-electron chi connectivity index (χ1n) is 7.14. The molecule has 0 saturated heterocycles. The van der Waals surface area contributed by atoms with E-state index in [2.05, 4.69) is 97.0 Å². The third-order valence-corrected chi connectivity index (χ3v) is 4.58. The van der Waals surface area contributed by atoms with E-state index >= 15 is 0 Å². The van der Waals surface area contributed by atoms with Crippen LogP contribution in [0.5, 0.6) is 0 Å². The monoisotopic (exact) mass is 418 g/mol. The van der Waals surface area contributed by atoms with Crippen molar-refractivity contribution in [3.05, 3.63) is 69.9 Å². The standard InChI is InChI=1S/C10H10BrN.C8H6BrN/c1-2-12-6-5-8-3-4-9(11)7-10(8)12;9-7-2-1-6-3-4-10-8(6)5-7/h3-7H,2H2,1H3;1-5,10H. The van der Waals surface area contributed by atoms with Crippen LogP contribution in [-0.4, -0.2) is 9.55 Å². The van der Waals surface area contributed by atoms with Gasteiger partial charge in [-0.1, -0.05) is 44.0 Å². The largest absolute Gasteiger partial charge is 0.361 e. The van der Waals surface area contributed by atoms with Gasteiger partial charge in [0.2, 0.25) is 0 Å². The Labute approximate surface area is 146 Å². The van der Waals surface area contributed by atoms with E-state index in [0.717, 1.165) is 15.5 Å². The summed E-state index contributed by atoms with van der Waals surface area (Å²) < 4.78 is 4.49. The molecule has 0 fully saturated rings. The maximum absolute atomic E-state index is 3.47. The van der Waals surface area contributed by atoms with E-state index in [4.69, 9.17) is 0 Å². The molecule has 2 aromatic carbocycles. The zero-order valence-corrected chi connectivity index (χ0v) is 15.4. The Morgan fingerprint density at radius 1 is 0.909 bits per heavy atom. The number of fused-ring (bicyclic) bond motifs is 2. The number of hydrogen-bond acceptors (Lipinski definition) is 0. The number of nitrogens with zero attached hydrogens (tertiary/aromatic N) is 1. The minimum atomic E-state index is 1.03. The van der Waals surface area contributed by atoms with Crippen LogP contribution >= 0.6 is 31.9 Å². The number of aromatic nitrogens is 2. The van der Waals surface area contributed by atoms with Crippen molar-refractivity contribution in [1.82, 2.24) is 9.55 Å². The van der Waals surface area contributed by atoms with E-state index in [1.54, 1.807) is 0 Å². The minimum absolute atomic E-state index is 1.03. The average molecular weight is 420 g/mol. The zero-order chi connectivity index (χ0) is 15.5. The molecule has 112 valence electrons. The molecular formula is C18H16Br2N2. The van der Waals surface area contributed by atoms with Gasteiger partial charge in [-0.25, -0.2) is 0 Å². The minimum Gasteiger partial charge on any atom is -0.361 e. The molecule has 0 aliphatic carbocycles. The lowest BCUT2D eigenvalue weighted by molar-refractivity contribution is 0.797. The van der Waals surface area contributed by atoms with Gasteiger partial charge in [0.1, 0.15) is 0 Å². The van der Waals surface area contributed by atoms with Crippen LogP contribution in [0.4, 0.5) is 0 Å². The highest BCUT2D eigenvalue weighted by Crippen LogP contribution is 2.20. The Kier molecular flexibility index (Phi) is 4.69. The Hall–Kier alpha value is -1.52. The maximum Gasteiger partial charge on any atom is 0.0491 e. The number of aromatic amines is 1. The number of hydrogen-bond donors (Lipinski definition) is 1. The molecule has 0 amide bonds. The first-order chi connectivity index (χ1) is 10.7. The molecule has 0 atom stereocenters. The van der Waals surface area contributed by atoms with Crippen LogP contribution in [0.15, 0.2) is 69.9 Å². The van der Waals surface area contributed by atoms with Gasteiger partial charge in [0.25, 0.3) is 0 Å². The topological polar surface area (TPSA) is 20.7 Å². The van der Waals surface area contributed by atoms with Gasteiger partial charge >= 0.3 is 0 Å². The van der Waals surface area contributed by atoms with Crippen molar-refractivity contribution < 1.29 is 0 Å². The molecule has 2 aromatic heterocycles. The lowest BCUT2D eigenvalue weighted by Crippen LogP contribution is -1.89. The molecule has 0 unspecified atom stereocenters. The van der Waals surface area contributed by atoms with Gasteiger partial charge in [-0.15, -0.1) is 0 Å². The lowest BCUT2D eigenvalue weighted by Gasteiger charge is -1.99. The molecule has 4 rings (SSSR count). The van der Waals surface area contributed by atoms with Gasteiger partial charge in [-0.3, -0.25) is 0 Å². The van der Waals surface area contributed by atoms with Crippen molar-refractivity contribution in [2.45, 2.75) is 13.5 Å². The Balaban J connectivity index is 0.000000133. The fourth-order valence-electron chi connectivity index (χ4n) is 2.45. The van der Waals surface area contributed by atoms with E-state index < -0.39 is 0 Å².